The van der Waals surface area contributed by atoms with Crippen LogP contribution < -0.4 is 0 Å². The molecule has 0 aliphatic carbocycles. The van der Waals surface area contributed by atoms with Crippen molar-refractivity contribution in [3.05, 3.63) is 97.2 Å². The third kappa shape index (κ3) is 4.65. The fourth-order valence-corrected chi connectivity index (χ4v) is 4.82. The molecule has 0 fully saturated rings. The molecule has 0 aliphatic rings. The molecule has 0 saturated carbocycles. The number of nitrogens with zero attached hydrogens (tertiary/aromatic N) is 3. The molecule has 0 saturated heterocycles. The van der Waals surface area contributed by atoms with E-state index < -0.39 is 0 Å². The Morgan fingerprint density at radius 3 is 1.88 bits per heavy atom. The van der Waals surface area contributed by atoms with Gasteiger partial charge in [-0.15, -0.1) is 11.3 Å². The summed E-state index contributed by atoms with van der Waals surface area (Å²) in [7, 11) is 0. The summed E-state index contributed by atoms with van der Waals surface area (Å²) in [6.07, 6.45) is 0. The van der Waals surface area contributed by atoms with Gasteiger partial charge in [0, 0.05) is 27.1 Å². The lowest BCUT2D eigenvalue weighted by molar-refractivity contribution is 0.881. The first-order valence-electron chi connectivity index (χ1n) is 9.62. The molecule has 2 heterocycles. The summed E-state index contributed by atoms with van der Waals surface area (Å²) < 4.78 is 1.79. The normalized spacial score (nSPS) is 11.2. The van der Waals surface area contributed by atoms with Crippen molar-refractivity contribution in [2.24, 2.45) is 0 Å². The van der Waals surface area contributed by atoms with Gasteiger partial charge >= 0.3 is 0 Å². The highest BCUT2D eigenvalue weighted by Gasteiger charge is 2.17. The van der Waals surface area contributed by atoms with Crippen molar-refractivity contribution in [2.45, 2.75) is 0 Å². The first kappa shape index (κ1) is 22.7. The summed E-state index contributed by atoms with van der Waals surface area (Å²) in [6, 6.07) is 20.4. The monoisotopic (exact) mass is 549 g/mol. The van der Waals surface area contributed by atoms with Crippen LogP contribution in [0.4, 0.5) is 0 Å². The van der Waals surface area contributed by atoms with Gasteiger partial charge in [-0.05, 0) is 42.5 Å². The molecule has 0 aliphatic heterocycles. The Morgan fingerprint density at radius 2 is 1.21 bits per heavy atom. The molecule has 0 amide bonds. The van der Waals surface area contributed by atoms with E-state index in [1.54, 1.807) is 22.9 Å². The average molecular weight is 552 g/mol. The maximum Gasteiger partial charge on any atom is 0.211 e. The van der Waals surface area contributed by atoms with Crippen molar-refractivity contribution in [3.63, 3.8) is 0 Å². The van der Waals surface area contributed by atoms with Crippen LogP contribution >= 0.6 is 69.3 Å². The minimum Gasteiger partial charge on any atom is -0.218 e. The minimum atomic E-state index is 0.457. The Kier molecular flexibility index (Phi) is 6.41. The highest BCUT2D eigenvalue weighted by atomic mass is 35.5. The van der Waals surface area contributed by atoms with Gasteiger partial charge in [-0.2, -0.15) is 5.10 Å². The van der Waals surface area contributed by atoms with E-state index >= 15 is 0 Å². The predicted molar refractivity (Wildman–Crippen MR) is 141 cm³/mol. The van der Waals surface area contributed by atoms with Crippen LogP contribution in [0.15, 0.2) is 72.1 Å². The van der Waals surface area contributed by atoms with E-state index in [2.05, 4.69) is 0 Å². The third-order valence-corrected chi connectivity index (χ3v) is 7.50. The summed E-state index contributed by atoms with van der Waals surface area (Å²) in [5.41, 5.74) is 5.02. The summed E-state index contributed by atoms with van der Waals surface area (Å²) in [5, 5.41) is 10.1. The molecular formula is C24H12Cl5N3S. The first-order chi connectivity index (χ1) is 15.9. The Labute approximate surface area is 219 Å². The fraction of sp³-hybridized carbons (Fsp3) is 0. The molecule has 2 aromatic heterocycles. The van der Waals surface area contributed by atoms with Gasteiger partial charge in [0.1, 0.15) is 0 Å². The lowest BCUT2D eigenvalue weighted by Gasteiger charge is -2.05. The average Bonchev–Trinajstić information content (AvgIpc) is 3.46. The highest BCUT2D eigenvalue weighted by molar-refractivity contribution is 7.12. The van der Waals surface area contributed by atoms with E-state index in [4.69, 9.17) is 68.1 Å². The van der Waals surface area contributed by atoms with E-state index in [9.17, 15) is 0 Å². The molecule has 3 aromatic carbocycles. The van der Waals surface area contributed by atoms with Gasteiger partial charge in [0.15, 0.2) is 0 Å². The van der Waals surface area contributed by atoms with Gasteiger partial charge in [0.05, 0.1) is 37.2 Å². The predicted octanol–water partition coefficient (Wildman–Crippen LogP) is 9.60. The van der Waals surface area contributed by atoms with Crippen molar-refractivity contribution in [3.8, 4) is 38.9 Å². The van der Waals surface area contributed by atoms with Gasteiger partial charge in [-0.3, -0.25) is 0 Å². The summed E-state index contributed by atoms with van der Waals surface area (Å²) >= 11 is 32.3. The van der Waals surface area contributed by atoms with E-state index in [1.807, 2.05) is 53.9 Å². The smallest absolute Gasteiger partial charge is 0.211 e. The molecule has 5 rings (SSSR count). The Bertz CT molecular complexity index is 1470. The fourth-order valence-electron chi connectivity index (χ4n) is 3.30. The standard InChI is InChI=1S/C24H12Cl5N3S/c25-16-5-1-13(2-6-16)22-12-33-24(30-22)32-23(15-4-8-18(27)20(29)10-15)11-21(31-32)14-3-7-17(26)19(28)9-14/h1-12H. The van der Waals surface area contributed by atoms with Crippen molar-refractivity contribution in [1.82, 2.24) is 14.8 Å². The van der Waals surface area contributed by atoms with E-state index in [1.165, 1.54) is 11.3 Å². The maximum atomic E-state index is 6.30. The number of rotatable bonds is 4. The molecule has 0 N–H and O–H groups in total. The summed E-state index contributed by atoms with van der Waals surface area (Å²) in [5.74, 6) is 0. The minimum absolute atomic E-state index is 0.457. The topological polar surface area (TPSA) is 30.7 Å². The van der Waals surface area contributed by atoms with Crippen LogP contribution in [-0.2, 0) is 0 Å². The van der Waals surface area contributed by atoms with Gasteiger partial charge in [-0.25, -0.2) is 9.67 Å². The maximum absolute atomic E-state index is 6.30. The number of thiazole rings is 1. The molecule has 3 nitrogen and oxygen atoms in total. The Morgan fingerprint density at radius 1 is 0.606 bits per heavy atom. The van der Waals surface area contributed by atoms with Gasteiger partial charge < -0.3 is 0 Å². The van der Waals surface area contributed by atoms with Gasteiger partial charge in [0.25, 0.3) is 0 Å². The van der Waals surface area contributed by atoms with Crippen molar-refractivity contribution in [2.75, 3.05) is 0 Å². The lowest BCUT2D eigenvalue weighted by Crippen LogP contribution is -1.99. The SMILES string of the molecule is Clc1ccc(-c2csc(-n3nc(-c4ccc(Cl)c(Cl)c4)cc3-c3ccc(Cl)c(Cl)c3)n2)cc1. The second kappa shape index (κ2) is 9.30. The zero-order valence-electron chi connectivity index (χ0n) is 16.6. The number of hydrogen-bond acceptors (Lipinski definition) is 3. The van der Waals surface area contributed by atoms with Crippen LogP contribution in [0.1, 0.15) is 0 Å². The third-order valence-electron chi connectivity index (χ3n) is 4.95. The van der Waals surface area contributed by atoms with E-state index in [-0.39, 0.29) is 0 Å². The summed E-state index contributed by atoms with van der Waals surface area (Å²) in [4.78, 5) is 4.81. The van der Waals surface area contributed by atoms with Crippen LogP contribution in [-0.4, -0.2) is 14.8 Å². The van der Waals surface area contributed by atoms with Crippen molar-refractivity contribution < 1.29 is 0 Å². The van der Waals surface area contributed by atoms with Crippen LogP contribution in [0.2, 0.25) is 25.1 Å². The molecule has 33 heavy (non-hydrogen) atoms. The summed E-state index contributed by atoms with van der Waals surface area (Å²) in [6.45, 7) is 0. The highest BCUT2D eigenvalue weighted by Crippen LogP contribution is 2.35. The van der Waals surface area contributed by atoms with Gasteiger partial charge in [0.2, 0.25) is 5.13 Å². The Hall–Kier alpha value is -2.05. The first-order valence-corrected chi connectivity index (χ1v) is 12.4. The van der Waals surface area contributed by atoms with Crippen LogP contribution in [0.5, 0.6) is 0 Å². The molecule has 0 unspecified atom stereocenters. The molecule has 164 valence electrons. The lowest BCUT2D eigenvalue weighted by atomic mass is 10.1. The number of benzene rings is 3. The second-order valence-electron chi connectivity index (χ2n) is 7.11. The molecule has 0 radical (unpaired) electrons. The number of halogens is 5. The van der Waals surface area contributed by atoms with Crippen LogP contribution in [0, 0.1) is 0 Å². The van der Waals surface area contributed by atoms with Gasteiger partial charge in [-0.1, -0.05) is 82.3 Å². The zero-order chi connectivity index (χ0) is 23.1. The van der Waals surface area contributed by atoms with Crippen molar-refractivity contribution >= 4 is 69.3 Å². The molecule has 9 heteroatoms. The second-order valence-corrected chi connectivity index (χ2v) is 10.0. The van der Waals surface area contributed by atoms with Crippen LogP contribution in [0.3, 0.4) is 0 Å². The largest absolute Gasteiger partial charge is 0.218 e. The van der Waals surface area contributed by atoms with Crippen LogP contribution in [0.25, 0.3) is 38.9 Å². The molecule has 0 atom stereocenters. The van der Waals surface area contributed by atoms with Crippen molar-refractivity contribution in [1.29, 1.82) is 0 Å². The number of aromatic nitrogens is 3. The quantitative estimate of drug-likeness (QED) is 0.223. The molecular weight excluding hydrogens is 540 g/mol. The van der Waals surface area contributed by atoms with E-state index in [0.29, 0.717) is 30.2 Å². The zero-order valence-corrected chi connectivity index (χ0v) is 21.2. The molecule has 0 bridgehead atoms. The van der Waals surface area contributed by atoms with E-state index in [0.717, 1.165) is 33.8 Å². The molecule has 5 aromatic rings. The number of hydrogen-bond donors (Lipinski definition) is 0. The molecule has 0 spiro atoms. The Balaban J connectivity index is 1.65.